The van der Waals surface area contributed by atoms with Gasteiger partial charge in [-0.15, -0.1) is 5.10 Å². The molecule has 0 bridgehead atoms. The van der Waals surface area contributed by atoms with Crippen molar-refractivity contribution < 1.29 is 9.21 Å². The molecule has 0 fully saturated rings. The van der Waals surface area contributed by atoms with E-state index in [1.54, 1.807) is 24.3 Å². The third kappa shape index (κ3) is 3.83. The maximum absolute atomic E-state index is 12.5. The van der Waals surface area contributed by atoms with Gasteiger partial charge in [0.1, 0.15) is 11.5 Å². The number of hydrogen-bond acceptors (Lipinski definition) is 6. The number of nitrogens with zero attached hydrogens (tertiary/aromatic N) is 4. The standard InChI is InChI=1S/C20H17ClN6O2/c1-12-16(24-20(29-12)13-7-3-2-4-8-13)11-27-18(22)17(25-26-27)19(28)23-15-10-6-5-9-14(15)21/h2-10H,11,22H2,1H3,(H,23,28). The Labute approximate surface area is 171 Å². The fraction of sp³-hybridized carbons (Fsp3) is 0.100. The molecule has 0 saturated heterocycles. The van der Waals surface area contributed by atoms with E-state index in [2.05, 4.69) is 20.6 Å². The van der Waals surface area contributed by atoms with Crippen LogP contribution in [-0.4, -0.2) is 25.9 Å². The van der Waals surface area contributed by atoms with Crippen LogP contribution in [0.3, 0.4) is 0 Å². The van der Waals surface area contributed by atoms with Crippen molar-refractivity contribution in [2.45, 2.75) is 13.5 Å². The summed E-state index contributed by atoms with van der Waals surface area (Å²) in [5, 5.41) is 11.0. The number of aromatic nitrogens is 4. The van der Waals surface area contributed by atoms with E-state index in [4.69, 9.17) is 21.8 Å². The van der Waals surface area contributed by atoms with E-state index < -0.39 is 5.91 Å². The van der Waals surface area contributed by atoms with Gasteiger partial charge in [-0.1, -0.05) is 47.1 Å². The lowest BCUT2D eigenvalue weighted by Crippen LogP contribution is -2.15. The van der Waals surface area contributed by atoms with E-state index >= 15 is 0 Å². The summed E-state index contributed by atoms with van der Waals surface area (Å²) < 4.78 is 7.16. The Morgan fingerprint density at radius 1 is 1.17 bits per heavy atom. The van der Waals surface area contributed by atoms with Gasteiger partial charge in [0.15, 0.2) is 11.5 Å². The lowest BCUT2D eigenvalue weighted by molar-refractivity contribution is 0.102. The zero-order valence-electron chi connectivity index (χ0n) is 15.5. The Bertz CT molecular complexity index is 1170. The summed E-state index contributed by atoms with van der Waals surface area (Å²) in [5.41, 5.74) is 8.09. The van der Waals surface area contributed by atoms with E-state index in [1.165, 1.54) is 4.68 Å². The highest BCUT2D eigenvalue weighted by Gasteiger charge is 2.20. The number of anilines is 2. The van der Waals surface area contributed by atoms with Gasteiger partial charge in [-0.05, 0) is 31.2 Å². The Kier molecular flexibility index (Phi) is 5.01. The van der Waals surface area contributed by atoms with Gasteiger partial charge < -0.3 is 15.5 Å². The van der Waals surface area contributed by atoms with Crippen LogP contribution in [0.1, 0.15) is 21.9 Å². The van der Waals surface area contributed by atoms with Crippen molar-refractivity contribution in [2.24, 2.45) is 0 Å². The van der Waals surface area contributed by atoms with E-state index in [0.29, 0.717) is 28.1 Å². The molecule has 2 heterocycles. The maximum Gasteiger partial charge on any atom is 0.280 e. The molecule has 1 amide bonds. The summed E-state index contributed by atoms with van der Waals surface area (Å²) in [5.74, 6) is 0.774. The first kappa shape index (κ1) is 18.7. The van der Waals surface area contributed by atoms with Gasteiger partial charge in [0.2, 0.25) is 5.89 Å². The summed E-state index contributed by atoms with van der Waals surface area (Å²) in [6.07, 6.45) is 0. The smallest absolute Gasteiger partial charge is 0.280 e. The number of nitrogen functional groups attached to an aromatic ring is 1. The molecule has 0 aliphatic heterocycles. The predicted octanol–water partition coefficient (Wildman–Crippen LogP) is 3.78. The Morgan fingerprint density at radius 3 is 2.66 bits per heavy atom. The minimum Gasteiger partial charge on any atom is -0.441 e. The van der Waals surface area contributed by atoms with E-state index in [-0.39, 0.29) is 18.1 Å². The Hall–Kier alpha value is -3.65. The first-order chi connectivity index (χ1) is 14.0. The van der Waals surface area contributed by atoms with Crippen molar-refractivity contribution in [3.63, 3.8) is 0 Å². The minimum absolute atomic E-state index is 0.00866. The molecule has 3 N–H and O–H groups in total. The number of oxazole rings is 1. The molecule has 0 unspecified atom stereocenters. The molecule has 29 heavy (non-hydrogen) atoms. The SMILES string of the molecule is Cc1oc(-c2ccccc2)nc1Cn1nnc(C(=O)Nc2ccccc2Cl)c1N. The topological polar surface area (TPSA) is 112 Å². The maximum atomic E-state index is 12.5. The van der Waals surface area contributed by atoms with E-state index in [1.807, 2.05) is 37.3 Å². The summed E-state index contributed by atoms with van der Waals surface area (Å²) in [6, 6.07) is 16.5. The van der Waals surface area contributed by atoms with Crippen LogP contribution in [0.2, 0.25) is 5.02 Å². The molecule has 146 valence electrons. The fourth-order valence-corrected chi connectivity index (χ4v) is 2.95. The molecule has 4 rings (SSSR count). The van der Waals surface area contributed by atoms with Crippen LogP contribution >= 0.6 is 11.6 Å². The van der Waals surface area contributed by atoms with Crippen LogP contribution in [0, 0.1) is 6.92 Å². The molecular weight excluding hydrogens is 392 g/mol. The van der Waals surface area contributed by atoms with Crippen molar-refractivity contribution in [1.29, 1.82) is 0 Å². The average Bonchev–Trinajstić information content (AvgIpc) is 3.27. The van der Waals surface area contributed by atoms with Gasteiger partial charge in [-0.25, -0.2) is 9.67 Å². The van der Waals surface area contributed by atoms with Crippen LogP contribution < -0.4 is 11.1 Å². The molecule has 0 atom stereocenters. The van der Waals surface area contributed by atoms with Gasteiger partial charge in [-0.3, -0.25) is 4.79 Å². The van der Waals surface area contributed by atoms with E-state index in [9.17, 15) is 4.79 Å². The molecule has 8 nitrogen and oxygen atoms in total. The van der Waals surface area contributed by atoms with Crippen LogP contribution in [0.25, 0.3) is 11.5 Å². The summed E-state index contributed by atoms with van der Waals surface area (Å²) in [4.78, 5) is 17.0. The zero-order chi connectivity index (χ0) is 20.4. The molecule has 0 spiro atoms. The normalized spacial score (nSPS) is 10.8. The van der Waals surface area contributed by atoms with Crippen molar-refractivity contribution in [3.05, 3.63) is 76.8 Å². The third-order valence-corrected chi connectivity index (χ3v) is 4.65. The lowest BCUT2D eigenvalue weighted by Gasteiger charge is -2.05. The minimum atomic E-state index is -0.497. The van der Waals surface area contributed by atoms with Gasteiger partial charge in [0.25, 0.3) is 5.91 Å². The van der Waals surface area contributed by atoms with Gasteiger partial charge >= 0.3 is 0 Å². The number of benzene rings is 2. The monoisotopic (exact) mass is 408 g/mol. The highest BCUT2D eigenvalue weighted by Crippen LogP contribution is 2.24. The second kappa shape index (κ2) is 7.76. The van der Waals surface area contributed by atoms with Crippen molar-refractivity contribution >= 4 is 29.0 Å². The number of nitrogens with one attached hydrogen (secondary N) is 1. The Balaban J connectivity index is 1.54. The summed E-state index contributed by atoms with van der Waals surface area (Å²) in [6.45, 7) is 2.04. The second-order valence-electron chi connectivity index (χ2n) is 6.30. The van der Waals surface area contributed by atoms with Crippen LogP contribution in [0.4, 0.5) is 11.5 Å². The lowest BCUT2D eigenvalue weighted by atomic mass is 10.2. The average molecular weight is 409 g/mol. The third-order valence-electron chi connectivity index (χ3n) is 4.32. The Morgan fingerprint density at radius 2 is 1.90 bits per heavy atom. The predicted molar refractivity (Wildman–Crippen MR) is 110 cm³/mol. The summed E-state index contributed by atoms with van der Waals surface area (Å²) in [7, 11) is 0. The molecule has 0 saturated carbocycles. The van der Waals surface area contributed by atoms with Gasteiger partial charge in [0, 0.05) is 5.56 Å². The highest BCUT2D eigenvalue weighted by atomic mass is 35.5. The fourth-order valence-electron chi connectivity index (χ4n) is 2.76. The molecule has 4 aromatic rings. The number of carbonyl (C=O) groups excluding carboxylic acids is 1. The van der Waals surface area contributed by atoms with Crippen molar-refractivity contribution in [3.8, 4) is 11.5 Å². The number of hydrogen-bond donors (Lipinski definition) is 2. The largest absolute Gasteiger partial charge is 0.441 e. The molecule has 2 aromatic carbocycles. The molecule has 2 aromatic heterocycles. The van der Waals surface area contributed by atoms with Crippen LogP contribution in [0.5, 0.6) is 0 Å². The molecule has 9 heteroatoms. The quantitative estimate of drug-likeness (QED) is 0.519. The second-order valence-corrected chi connectivity index (χ2v) is 6.71. The highest BCUT2D eigenvalue weighted by molar-refractivity contribution is 6.33. The summed E-state index contributed by atoms with van der Waals surface area (Å²) >= 11 is 6.07. The molecule has 0 aliphatic carbocycles. The zero-order valence-corrected chi connectivity index (χ0v) is 16.2. The van der Waals surface area contributed by atoms with Crippen molar-refractivity contribution in [2.75, 3.05) is 11.1 Å². The molecule has 0 radical (unpaired) electrons. The molecule has 0 aliphatic rings. The van der Waals surface area contributed by atoms with Gasteiger partial charge in [0.05, 0.1) is 17.3 Å². The molecular formula is C20H17ClN6O2. The number of rotatable bonds is 5. The number of nitrogens with two attached hydrogens (primary N) is 1. The van der Waals surface area contributed by atoms with Crippen LogP contribution in [0.15, 0.2) is 59.0 Å². The number of aryl methyl sites for hydroxylation is 1. The number of carbonyl (C=O) groups is 1. The first-order valence-electron chi connectivity index (χ1n) is 8.79. The van der Waals surface area contributed by atoms with Gasteiger partial charge in [-0.2, -0.15) is 0 Å². The van der Waals surface area contributed by atoms with Crippen molar-refractivity contribution in [1.82, 2.24) is 20.0 Å². The number of halogens is 1. The van der Waals surface area contributed by atoms with Crippen LogP contribution in [-0.2, 0) is 6.54 Å². The number of para-hydroxylation sites is 1. The van der Waals surface area contributed by atoms with E-state index in [0.717, 1.165) is 5.56 Å². The number of amides is 1. The first-order valence-corrected chi connectivity index (χ1v) is 9.17.